The van der Waals surface area contributed by atoms with Crippen LogP contribution in [0.2, 0.25) is 0 Å². The largest absolute Gasteiger partial charge is 0.378 e. The van der Waals surface area contributed by atoms with Gasteiger partial charge in [0.05, 0.1) is 8.66 Å². The molecule has 1 N–H and O–H groups in total. The molecular formula is C14H14Br2N2OS. The van der Waals surface area contributed by atoms with Gasteiger partial charge in [0.2, 0.25) is 0 Å². The molecule has 1 aromatic heterocycles. The van der Waals surface area contributed by atoms with E-state index in [4.69, 9.17) is 0 Å². The molecular weight excluding hydrogens is 404 g/mol. The van der Waals surface area contributed by atoms with Crippen LogP contribution in [0.5, 0.6) is 0 Å². The van der Waals surface area contributed by atoms with Gasteiger partial charge in [0, 0.05) is 30.8 Å². The van der Waals surface area contributed by atoms with Gasteiger partial charge in [-0.3, -0.25) is 4.79 Å². The molecule has 6 heteroatoms. The SMILES string of the molecule is CN(C)c1ccc(CNC(=O)c2cc(Br)c(Br)s2)cc1. The van der Waals surface area contributed by atoms with Crippen LogP contribution in [0.3, 0.4) is 0 Å². The Labute approximate surface area is 139 Å². The van der Waals surface area contributed by atoms with Gasteiger partial charge in [0.1, 0.15) is 0 Å². The van der Waals surface area contributed by atoms with Gasteiger partial charge < -0.3 is 10.2 Å². The number of carbonyl (C=O) groups is 1. The first-order valence-electron chi connectivity index (χ1n) is 5.96. The zero-order valence-corrected chi connectivity index (χ0v) is 15.1. The van der Waals surface area contributed by atoms with Crippen LogP contribution in [0.15, 0.2) is 38.6 Å². The summed E-state index contributed by atoms with van der Waals surface area (Å²) in [5.41, 5.74) is 2.23. The summed E-state index contributed by atoms with van der Waals surface area (Å²) in [6.45, 7) is 0.527. The molecule has 1 heterocycles. The van der Waals surface area contributed by atoms with Gasteiger partial charge in [0.15, 0.2) is 0 Å². The van der Waals surface area contributed by atoms with Crippen LogP contribution >= 0.6 is 43.2 Å². The Bertz CT molecular complexity index is 589. The number of halogens is 2. The highest BCUT2D eigenvalue weighted by Crippen LogP contribution is 2.32. The van der Waals surface area contributed by atoms with E-state index in [1.54, 1.807) is 0 Å². The molecule has 0 aliphatic rings. The molecule has 1 aromatic carbocycles. The van der Waals surface area contributed by atoms with Crippen LogP contribution in [0.4, 0.5) is 5.69 Å². The summed E-state index contributed by atoms with van der Waals surface area (Å²) in [5.74, 6) is -0.0573. The number of rotatable bonds is 4. The van der Waals surface area contributed by atoms with E-state index in [2.05, 4.69) is 37.2 Å². The van der Waals surface area contributed by atoms with E-state index in [9.17, 15) is 4.79 Å². The molecule has 0 aliphatic heterocycles. The first-order chi connectivity index (χ1) is 9.47. The molecule has 2 aromatic rings. The molecule has 0 fully saturated rings. The number of benzene rings is 1. The highest BCUT2D eigenvalue weighted by Gasteiger charge is 2.11. The minimum absolute atomic E-state index is 0.0573. The van der Waals surface area contributed by atoms with Crippen LogP contribution in [0, 0.1) is 0 Å². The van der Waals surface area contributed by atoms with Crippen molar-refractivity contribution in [3.05, 3.63) is 49.0 Å². The van der Waals surface area contributed by atoms with Gasteiger partial charge in [-0.15, -0.1) is 11.3 Å². The number of nitrogens with one attached hydrogen (secondary N) is 1. The minimum atomic E-state index is -0.0573. The van der Waals surface area contributed by atoms with Crippen LogP contribution in [0.25, 0.3) is 0 Å². The van der Waals surface area contributed by atoms with E-state index >= 15 is 0 Å². The van der Waals surface area contributed by atoms with E-state index in [-0.39, 0.29) is 5.91 Å². The molecule has 0 spiro atoms. The fourth-order valence-electron chi connectivity index (χ4n) is 1.64. The smallest absolute Gasteiger partial charge is 0.261 e. The van der Waals surface area contributed by atoms with Crippen LogP contribution in [0.1, 0.15) is 15.2 Å². The van der Waals surface area contributed by atoms with Crippen LogP contribution < -0.4 is 10.2 Å². The molecule has 20 heavy (non-hydrogen) atoms. The Morgan fingerprint density at radius 2 is 1.90 bits per heavy atom. The summed E-state index contributed by atoms with van der Waals surface area (Å²) >= 11 is 8.18. The maximum absolute atomic E-state index is 12.0. The summed E-state index contributed by atoms with van der Waals surface area (Å²) in [6.07, 6.45) is 0. The Kier molecular flexibility index (Phi) is 5.23. The monoisotopic (exact) mass is 416 g/mol. The predicted molar refractivity (Wildman–Crippen MR) is 91.7 cm³/mol. The molecule has 106 valence electrons. The second-order valence-corrected chi connectivity index (χ2v) is 7.70. The molecule has 0 aliphatic carbocycles. The van der Waals surface area contributed by atoms with Gasteiger partial charge in [-0.2, -0.15) is 0 Å². The third-order valence-corrected chi connectivity index (χ3v) is 6.03. The van der Waals surface area contributed by atoms with E-state index < -0.39 is 0 Å². The number of hydrogen-bond acceptors (Lipinski definition) is 3. The van der Waals surface area contributed by atoms with Gasteiger partial charge in [-0.05, 0) is 55.6 Å². The number of anilines is 1. The number of thiophene rings is 1. The summed E-state index contributed by atoms with van der Waals surface area (Å²) in [7, 11) is 4.01. The van der Waals surface area contributed by atoms with Crippen molar-refractivity contribution in [3.8, 4) is 0 Å². The van der Waals surface area contributed by atoms with Gasteiger partial charge >= 0.3 is 0 Å². The summed E-state index contributed by atoms with van der Waals surface area (Å²) in [5, 5.41) is 2.92. The van der Waals surface area contributed by atoms with Crippen molar-refractivity contribution in [1.29, 1.82) is 0 Å². The Balaban J connectivity index is 1.96. The fraction of sp³-hybridized carbons (Fsp3) is 0.214. The van der Waals surface area contributed by atoms with Crippen molar-refractivity contribution in [2.75, 3.05) is 19.0 Å². The Hall–Kier alpha value is -0.850. The third kappa shape index (κ3) is 3.84. The topological polar surface area (TPSA) is 32.3 Å². The van der Waals surface area contributed by atoms with Crippen molar-refractivity contribution < 1.29 is 4.79 Å². The first kappa shape index (κ1) is 15.5. The maximum atomic E-state index is 12.0. The Morgan fingerprint density at radius 1 is 1.25 bits per heavy atom. The molecule has 2 rings (SSSR count). The van der Waals surface area contributed by atoms with Gasteiger partial charge in [-0.1, -0.05) is 12.1 Å². The van der Waals surface area contributed by atoms with E-state index in [0.717, 1.165) is 19.5 Å². The van der Waals surface area contributed by atoms with Crippen molar-refractivity contribution in [2.24, 2.45) is 0 Å². The standard InChI is InChI=1S/C14H14Br2N2OS/c1-18(2)10-5-3-9(4-6-10)8-17-14(19)12-7-11(15)13(16)20-12/h3-7H,8H2,1-2H3,(H,17,19). The van der Waals surface area contributed by atoms with Crippen molar-refractivity contribution in [2.45, 2.75) is 6.54 Å². The summed E-state index contributed by atoms with van der Waals surface area (Å²) in [6, 6.07) is 9.95. The molecule has 0 unspecified atom stereocenters. The lowest BCUT2D eigenvalue weighted by Crippen LogP contribution is -2.21. The fourth-order valence-corrected chi connectivity index (χ4v) is 3.59. The van der Waals surface area contributed by atoms with Crippen LogP contribution in [-0.4, -0.2) is 20.0 Å². The second kappa shape index (κ2) is 6.74. The predicted octanol–water partition coefficient (Wildman–Crippen LogP) is 4.27. The molecule has 3 nitrogen and oxygen atoms in total. The molecule has 0 bridgehead atoms. The average molecular weight is 418 g/mol. The first-order valence-corrected chi connectivity index (χ1v) is 8.37. The van der Waals surface area contributed by atoms with Crippen molar-refractivity contribution >= 4 is 54.8 Å². The molecule has 0 saturated heterocycles. The molecule has 0 radical (unpaired) electrons. The maximum Gasteiger partial charge on any atom is 0.261 e. The number of carbonyl (C=O) groups excluding carboxylic acids is 1. The normalized spacial score (nSPS) is 10.4. The summed E-state index contributed by atoms with van der Waals surface area (Å²) in [4.78, 5) is 14.7. The van der Waals surface area contributed by atoms with Gasteiger partial charge in [-0.25, -0.2) is 0 Å². The van der Waals surface area contributed by atoms with Crippen molar-refractivity contribution in [1.82, 2.24) is 5.32 Å². The number of nitrogens with zero attached hydrogens (tertiary/aromatic N) is 1. The molecule has 1 amide bonds. The lowest BCUT2D eigenvalue weighted by Gasteiger charge is -2.12. The third-order valence-electron chi connectivity index (χ3n) is 2.77. The zero-order valence-electron chi connectivity index (χ0n) is 11.1. The summed E-state index contributed by atoms with van der Waals surface area (Å²) < 4.78 is 1.83. The van der Waals surface area contributed by atoms with Crippen LogP contribution in [-0.2, 0) is 6.54 Å². The minimum Gasteiger partial charge on any atom is -0.378 e. The van der Waals surface area contributed by atoms with Crippen molar-refractivity contribution in [3.63, 3.8) is 0 Å². The number of hydrogen-bond donors (Lipinski definition) is 1. The lowest BCUT2D eigenvalue weighted by molar-refractivity contribution is 0.0955. The second-order valence-electron chi connectivity index (χ2n) is 4.48. The lowest BCUT2D eigenvalue weighted by atomic mass is 10.2. The zero-order chi connectivity index (χ0) is 14.7. The quantitative estimate of drug-likeness (QED) is 0.805. The molecule has 0 saturated carbocycles. The highest BCUT2D eigenvalue weighted by molar-refractivity contribution is 9.13. The van der Waals surface area contributed by atoms with Gasteiger partial charge in [0.25, 0.3) is 5.91 Å². The van der Waals surface area contributed by atoms with E-state index in [1.807, 2.05) is 49.3 Å². The van der Waals surface area contributed by atoms with E-state index in [0.29, 0.717) is 11.4 Å². The molecule has 0 atom stereocenters. The number of amides is 1. The Morgan fingerprint density at radius 3 is 2.40 bits per heavy atom. The highest BCUT2D eigenvalue weighted by atomic mass is 79.9. The average Bonchev–Trinajstić information content (AvgIpc) is 2.76. The van der Waals surface area contributed by atoms with E-state index in [1.165, 1.54) is 11.3 Å².